The highest BCUT2D eigenvalue weighted by atomic mass is 32.1. The third-order valence-corrected chi connectivity index (χ3v) is 3.61. The van der Waals surface area contributed by atoms with E-state index >= 15 is 0 Å². The summed E-state index contributed by atoms with van der Waals surface area (Å²) < 4.78 is 5.17. The van der Waals surface area contributed by atoms with Gasteiger partial charge in [-0.05, 0) is 29.9 Å². The quantitative estimate of drug-likeness (QED) is 0.822. The van der Waals surface area contributed by atoms with Gasteiger partial charge in [-0.2, -0.15) is 5.26 Å². The van der Waals surface area contributed by atoms with Crippen molar-refractivity contribution in [3.05, 3.63) is 41.1 Å². The molecule has 0 aromatic heterocycles. The highest BCUT2D eigenvalue weighted by molar-refractivity contribution is 7.80. The van der Waals surface area contributed by atoms with E-state index in [1.807, 2.05) is 24.3 Å². The van der Waals surface area contributed by atoms with Crippen molar-refractivity contribution < 1.29 is 4.74 Å². The molecule has 1 aromatic carbocycles. The zero-order valence-corrected chi connectivity index (χ0v) is 13.5. The number of thiocarbonyl (C=S) groups is 1. The van der Waals surface area contributed by atoms with Gasteiger partial charge in [0.1, 0.15) is 5.75 Å². The summed E-state index contributed by atoms with van der Waals surface area (Å²) >= 11 is 5.29. The minimum atomic E-state index is -0.233. The zero-order valence-electron chi connectivity index (χ0n) is 12.7. The van der Waals surface area contributed by atoms with Crippen LogP contribution in [0.25, 0.3) is 0 Å². The maximum absolute atomic E-state index is 9.59. The molecule has 0 radical (unpaired) electrons. The fourth-order valence-corrected chi connectivity index (χ4v) is 2.54. The van der Waals surface area contributed by atoms with Gasteiger partial charge in [-0.15, -0.1) is 0 Å². The molecule has 0 unspecified atom stereocenters. The van der Waals surface area contributed by atoms with Gasteiger partial charge < -0.3 is 15.4 Å². The van der Waals surface area contributed by atoms with Crippen molar-refractivity contribution >= 4 is 17.3 Å². The van der Waals surface area contributed by atoms with Crippen LogP contribution >= 0.6 is 12.2 Å². The van der Waals surface area contributed by atoms with Crippen molar-refractivity contribution in [3.63, 3.8) is 0 Å². The van der Waals surface area contributed by atoms with Crippen LogP contribution in [-0.2, 0) is 0 Å². The number of benzene rings is 1. The van der Waals surface area contributed by atoms with Gasteiger partial charge in [0.25, 0.3) is 0 Å². The molecular formula is C16H19N3OS. The van der Waals surface area contributed by atoms with Crippen molar-refractivity contribution in [2.45, 2.75) is 26.8 Å². The first-order valence-corrected chi connectivity index (χ1v) is 7.14. The predicted molar refractivity (Wildman–Crippen MR) is 86.7 cm³/mol. The summed E-state index contributed by atoms with van der Waals surface area (Å²) in [5.74, 6) is 0.786. The monoisotopic (exact) mass is 301 g/mol. The molecule has 1 atom stereocenters. The number of nitrogens with one attached hydrogen (secondary N) is 2. The SMILES string of the molecule is COc1ccc([C@@H]2NC(=S)NC(C(C)(C)C)=C2C#N)cc1. The lowest BCUT2D eigenvalue weighted by Crippen LogP contribution is -2.46. The topological polar surface area (TPSA) is 57.1 Å². The van der Waals surface area contributed by atoms with E-state index in [2.05, 4.69) is 37.5 Å². The van der Waals surface area contributed by atoms with Crippen LogP contribution in [0.1, 0.15) is 32.4 Å². The highest BCUT2D eigenvalue weighted by Gasteiger charge is 2.32. The molecule has 0 saturated heterocycles. The van der Waals surface area contributed by atoms with Crippen LogP contribution in [0.2, 0.25) is 0 Å². The van der Waals surface area contributed by atoms with Crippen LogP contribution in [-0.4, -0.2) is 12.2 Å². The Morgan fingerprint density at radius 3 is 2.33 bits per heavy atom. The van der Waals surface area contributed by atoms with E-state index in [-0.39, 0.29) is 11.5 Å². The van der Waals surface area contributed by atoms with Gasteiger partial charge in [-0.3, -0.25) is 0 Å². The normalized spacial score (nSPS) is 18.6. The molecule has 0 bridgehead atoms. The number of hydrogen-bond donors (Lipinski definition) is 2. The van der Waals surface area contributed by atoms with Gasteiger partial charge >= 0.3 is 0 Å². The van der Waals surface area contributed by atoms with E-state index in [0.29, 0.717) is 10.7 Å². The summed E-state index contributed by atoms with van der Waals surface area (Å²) in [4.78, 5) is 0. The maximum Gasteiger partial charge on any atom is 0.171 e. The van der Waals surface area contributed by atoms with Gasteiger partial charge in [-0.25, -0.2) is 0 Å². The molecule has 1 aliphatic rings. The minimum absolute atomic E-state index is 0.179. The summed E-state index contributed by atoms with van der Waals surface area (Å²) in [6.45, 7) is 6.18. The van der Waals surface area contributed by atoms with Crippen molar-refractivity contribution in [2.24, 2.45) is 5.41 Å². The number of rotatable bonds is 2. The largest absolute Gasteiger partial charge is 0.497 e. The number of allylic oxidation sites excluding steroid dienone is 1. The molecule has 1 aliphatic heterocycles. The molecule has 0 amide bonds. The molecule has 2 N–H and O–H groups in total. The summed E-state index contributed by atoms with van der Waals surface area (Å²) in [6, 6.07) is 9.75. The molecule has 110 valence electrons. The first-order chi connectivity index (χ1) is 9.86. The minimum Gasteiger partial charge on any atom is -0.497 e. The molecule has 0 aliphatic carbocycles. The number of methoxy groups -OCH3 is 1. The lowest BCUT2D eigenvalue weighted by Gasteiger charge is -2.34. The highest BCUT2D eigenvalue weighted by Crippen LogP contribution is 2.34. The predicted octanol–water partition coefficient (Wildman–Crippen LogP) is 3.04. The van der Waals surface area contributed by atoms with E-state index in [0.717, 1.165) is 17.0 Å². The van der Waals surface area contributed by atoms with E-state index in [1.54, 1.807) is 7.11 Å². The van der Waals surface area contributed by atoms with Gasteiger partial charge in [0.15, 0.2) is 5.11 Å². The number of nitriles is 1. The first-order valence-electron chi connectivity index (χ1n) is 6.73. The third kappa shape index (κ3) is 3.17. The first kappa shape index (κ1) is 15.3. The van der Waals surface area contributed by atoms with Crippen LogP contribution in [0, 0.1) is 16.7 Å². The Morgan fingerprint density at radius 2 is 1.86 bits per heavy atom. The summed E-state index contributed by atoms with van der Waals surface area (Å²) in [5.41, 5.74) is 2.34. The van der Waals surface area contributed by atoms with Crippen molar-refractivity contribution in [1.29, 1.82) is 5.26 Å². The number of hydrogen-bond acceptors (Lipinski definition) is 3. The van der Waals surface area contributed by atoms with Gasteiger partial charge in [0.2, 0.25) is 0 Å². The molecular weight excluding hydrogens is 282 g/mol. The molecule has 0 fully saturated rings. The fraction of sp³-hybridized carbons (Fsp3) is 0.375. The molecule has 2 rings (SSSR count). The van der Waals surface area contributed by atoms with Gasteiger partial charge in [0.05, 0.1) is 24.8 Å². The molecule has 21 heavy (non-hydrogen) atoms. The summed E-state index contributed by atoms with van der Waals surface area (Å²) in [5, 5.41) is 16.4. The van der Waals surface area contributed by atoms with Gasteiger partial charge in [0, 0.05) is 11.1 Å². The van der Waals surface area contributed by atoms with Crippen LogP contribution in [0.3, 0.4) is 0 Å². The molecule has 0 saturated carbocycles. The summed E-state index contributed by atoms with van der Waals surface area (Å²) in [7, 11) is 1.63. The van der Waals surface area contributed by atoms with E-state index < -0.39 is 0 Å². The Hall–Kier alpha value is -2.06. The van der Waals surface area contributed by atoms with Crippen molar-refractivity contribution in [1.82, 2.24) is 10.6 Å². The zero-order chi connectivity index (χ0) is 15.6. The van der Waals surface area contributed by atoms with Crippen LogP contribution in [0.15, 0.2) is 35.5 Å². The Balaban J connectivity index is 2.50. The van der Waals surface area contributed by atoms with Crippen LogP contribution in [0.5, 0.6) is 5.75 Å². The fourth-order valence-electron chi connectivity index (χ4n) is 2.32. The molecule has 4 nitrogen and oxygen atoms in total. The Morgan fingerprint density at radius 1 is 1.24 bits per heavy atom. The lowest BCUT2D eigenvalue weighted by molar-refractivity contribution is 0.414. The second kappa shape index (κ2) is 5.74. The van der Waals surface area contributed by atoms with Crippen LogP contribution in [0.4, 0.5) is 0 Å². The molecule has 1 heterocycles. The Bertz CT molecular complexity index is 620. The molecule has 0 spiro atoms. The average Bonchev–Trinajstić information content (AvgIpc) is 2.45. The van der Waals surface area contributed by atoms with Crippen molar-refractivity contribution in [3.8, 4) is 11.8 Å². The Labute approximate surface area is 130 Å². The second-order valence-corrected chi connectivity index (χ2v) is 6.36. The maximum atomic E-state index is 9.59. The van der Waals surface area contributed by atoms with E-state index in [1.165, 1.54) is 0 Å². The number of nitrogens with zero attached hydrogens (tertiary/aromatic N) is 1. The third-order valence-electron chi connectivity index (χ3n) is 3.39. The molecule has 1 aromatic rings. The average molecular weight is 301 g/mol. The second-order valence-electron chi connectivity index (χ2n) is 5.96. The summed E-state index contributed by atoms with van der Waals surface area (Å²) in [6.07, 6.45) is 0. The standard InChI is InChI=1S/C16H19N3OS/c1-16(2,3)14-12(9-17)13(18-15(21)19-14)10-5-7-11(20-4)8-6-10/h5-8,13H,1-4H3,(H2,18,19,21)/t13-/m0/s1. The van der Waals surface area contributed by atoms with E-state index in [4.69, 9.17) is 17.0 Å². The lowest BCUT2D eigenvalue weighted by atomic mass is 9.84. The van der Waals surface area contributed by atoms with Gasteiger partial charge in [-0.1, -0.05) is 32.9 Å². The smallest absolute Gasteiger partial charge is 0.171 e. The van der Waals surface area contributed by atoms with E-state index in [9.17, 15) is 5.26 Å². The van der Waals surface area contributed by atoms with Crippen LogP contribution < -0.4 is 15.4 Å². The number of ether oxygens (including phenoxy) is 1. The molecule has 5 heteroatoms. The Kier molecular flexibility index (Phi) is 4.19. The van der Waals surface area contributed by atoms with Crippen molar-refractivity contribution in [2.75, 3.05) is 7.11 Å².